The lowest BCUT2D eigenvalue weighted by molar-refractivity contribution is 0.102. The number of sulfonamides is 1. The number of nitrogens with zero attached hydrogens (tertiary/aromatic N) is 3. The molecular weight excluding hydrogens is 458 g/mol. The van der Waals surface area contributed by atoms with E-state index in [1.165, 1.54) is 34.6 Å². The molecule has 1 fully saturated rings. The molecule has 32 heavy (non-hydrogen) atoms. The summed E-state index contributed by atoms with van der Waals surface area (Å²) in [5, 5.41) is 11.2. The fourth-order valence-corrected chi connectivity index (χ4v) is 6.22. The maximum absolute atomic E-state index is 13.7. The number of halogens is 2. The number of anilines is 1. The van der Waals surface area contributed by atoms with Gasteiger partial charge in [0.15, 0.2) is 0 Å². The van der Waals surface area contributed by atoms with Gasteiger partial charge in [0.2, 0.25) is 15.0 Å². The largest absolute Gasteiger partial charge is 0.320 e. The number of nitrogens with one attached hydrogen (secondary N) is 1. The molecule has 2 heterocycles. The van der Waals surface area contributed by atoms with E-state index in [9.17, 15) is 22.0 Å². The van der Waals surface area contributed by atoms with Crippen LogP contribution in [0.3, 0.4) is 0 Å². The van der Waals surface area contributed by atoms with Crippen LogP contribution in [0.5, 0.6) is 0 Å². The molecule has 0 aliphatic carbocycles. The molecule has 4 rings (SSSR count). The number of aryl methyl sites for hydroxylation is 1. The Kier molecular flexibility index (Phi) is 6.31. The van der Waals surface area contributed by atoms with Crippen molar-refractivity contribution in [1.82, 2.24) is 14.5 Å². The van der Waals surface area contributed by atoms with Gasteiger partial charge in [-0.2, -0.15) is 4.31 Å². The number of piperidine rings is 1. The van der Waals surface area contributed by atoms with E-state index in [2.05, 4.69) is 15.5 Å². The lowest BCUT2D eigenvalue weighted by Gasteiger charge is -2.31. The highest BCUT2D eigenvalue weighted by Gasteiger charge is 2.33. The van der Waals surface area contributed by atoms with Gasteiger partial charge in [-0.3, -0.25) is 4.79 Å². The lowest BCUT2D eigenvalue weighted by Crippen LogP contribution is -2.39. The van der Waals surface area contributed by atoms with Crippen molar-refractivity contribution in [3.05, 3.63) is 69.7 Å². The number of carbonyl (C=O) groups excluding carboxylic acids is 1. The molecule has 11 heteroatoms. The van der Waals surface area contributed by atoms with Crippen molar-refractivity contribution in [3.8, 4) is 0 Å². The quantitative estimate of drug-likeness (QED) is 0.600. The van der Waals surface area contributed by atoms with E-state index in [0.717, 1.165) is 17.4 Å². The first kappa shape index (κ1) is 22.4. The third kappa shape index (κ3) is 4.69. The minimum Gasteiger partial charge on any atom is -0.320 e. The van der Waals surface area contributed by atoms with Crippen molar-refractivity contribution in [3.63, 3.8) is 0 Å². The topological polar surface area (TPSA) is 92.3 Å². The Labute approximate surface area is 188 Å². The summed E-state index contributed by atoms with van der Waals surface area (Å²) >= 11 is 1.08. The Bertz CT molecular complexity index is 1260. The first-order valence-electron chi connectivity index (χ1n) is 9.90. The van der Waals surface area contributed by atoms with Gasteiger partial charge in [-0.15, -0.1) is 10.2 Å². The van der Waals surface area contributed by atoms with Crippen LogP contribution in [-0.2, 0) is 10.0 Å². The van der Waals surface area contributed by atoms with Gasteiger partial charge in [-0.05, 0) is 55.7 Å². The molecule has 3 aromatic rings. The molecule has 0 saturated carbocycles. The molecule has 0 unspecified atom stereocenters. The monoisotopic (exact) mass is 478 g/mol. The molecule has 0 radical (unpaired) electrons. The van der Waals surface area contributed by atoms with E-state index in [1.807, 2.05) is 0 Å². The van der Waals surface area contributed by atoms with Crippen LogP contribution in [0.25, 0.3) is 0 Å². The van der Waals surface area contributed by atoms with E-state index < -0.39 is 27.6 Å². The van der Waals surface area contributed by atoms with E-state index in [1.54, 1.807) is 13.0 Å². The Hall–Kier alpha value is -2.76. The molecule has 0 bridgehead atoms. The van der Waals surface area contributed by atoms with Crippen molar-refractivity contribution in [2.45, 2.75) is 30.6 Å². The van der Waals surface area contributed by atoms with E-state index in [4.69, 9.17) is 0 Å². The molecule has 1 amide bonds. The fraction of sp³-hybridized carbons (Fsp3) is 0.286. The fourth-order valence-electron chi connectivity index (χ4n) is 3.60. The van der Waals surface area contributed by atoms with Gasteiger partial charge in [0, 0.05) is 24.7 Å². The Morgan fingerprint density at radius 2 is 1.94 bits per heavy atom. The van der Waals surface area contributed by atoms with Crippen molar-refractivity contribution in [1.29, 1.82) is 0 Å². The van der Waals surface area contributed by atoms with Crippen LogP contribution >= 0.6 is 11.3 Å². The maximum Gasteiger partial charge on any atom is 0.286 e. The molecule has 1 aromatic heterocycles. The number of hydrogen-bond donors (Lipinski definition) is 1. The maximum atomic E-state index is 13.7. The first-order valence-corrected chi connectivity index (χ1v) is 12.2. The molecule has 0 spiro atoms. The molecule has 168 valence electrons. The molecule has 1 aliphatic heterocycles. The van der Waals surface area contributed by atoms with Gasteiger partial charge >= 0.3 is 0 Å². The predicted octanol–water partition coefficient (Wildman–Crippen LogP) is 3.95. The summed E-state index contributed by atoms with van der Waals surface area (Å²) in [5.41, 5.74) is 0.771. The summed E-state index contributed by atoms with van der Waals surface area (Å²) in [7, 11) is -3.88. The molecule has 1 aliphatic rings. The SMILES string of the molecule is Cc1ccc(F)cc1S(=O)(=O)N1CCC[C@@H](c2nnc(C(=O)Nc3cccc(F)c3)s2)C1. The van der Waals surface area contributed by atoms with Crippen molar-refractivity contribution in [2.24, 2.45) is 0 Å². The normalized spacial score (nSPS) is 17.3. The summed E-state index contributed by atoms with van der Waals surface area (Å²) in [5.74, 6) is -1.84. The Morgan fingerprint density at radius 3 is 2.72 bits per heavy atom. The van der Waals surface area contributed by atoms with Gasteiger partial charge in [0.25, 0.3) is 5.91 Å². The van der Waals surface area contributed by atoms with Gasteiger partial charge < -0.3 is 5.32 Å². The highest BCUT2D eigenvalue weighted by molar-refractivity contribution is 7.89. The standard InChI is InChI=1S/C21H20F2N4O3S2/c1-13-7-8-16(23)11-18(13)32(29,30)27-9-3-4-14(12-27)20-25-26-21(31-20)19(28)24-17-6-2-5-15(22)10-17/h2,5-8,10-11,14H,3-4,9,12H2,1H3,(H,24,28)/t14-/m1/s1. The first-order chi connectivity index (χ1) is 15.2. The van der Waals surface area contributed by atoms with Crippen LogP contribution in [0.15, 0.2) is 47.4 Å². The van der Waals surface area contributed by atoms with Crippen LogP contribution in [0, 0.1) is 18.6 Å². The summed E-state index contributed by atoms with van der Waals surface area (Å²) in [6.45, 7) is 2.11. The number of rotatable bonds is 5. The zero-order valence-corrected chi connectivity index (χ0v) is 18.7. The van der Waals surface area contributed by atoms with Crippen LogP contribution in [0.2, 0.25) is 0 Å². The van der Waals surface area contributed by atoms with Crippen LogP contribution in [0.4, 0.5) is 14.5 Å². The molecule has 2 aromatic carbocycles. The third-order valence-corrected chi connectivity index (χ3v) is 8.31. The summed E-state index contributed by atoms with van der Waals surface area (Å²) in [4.78, 5) is 12.4. The number of benzene rings is 2. The predicted molar refractivity (Wildman–Crippen MR) is 116 cm³/mol. The van der Waals surface area contributed by atoms with Crippen LogP contribution in [-0.4, -0.2) is 41.9 Å². The van der Waals surface area contributed by atoms with Crippen LogP contribution < -0.4 is 5.32 Å². The number of aromatic nitrogens is 2. The second kappa shape index (κ2) is 9.00. The highest BCUT2D eigenvalue weighted by atomic mass is 32.2. The molecule has 1 N–H and O–H groups in total. The highest BCUT2D eigenvalue weighted by Crippen LogP contribution is 2.33. The molecular formula is C21H20F2N4O3S2. The zero-order valence-electron chi connectivity index (χ0n) is 17.1. The second-order valence-electron chi connectivity index (χ2n) is 7.52. The minimum absolute atomic E-state index is 0.0504. The third-order valence-electron chi connectivity index (χ3n) is 5.22. The molecule has 7 nitrogen and oxygen atoms in total. The van der Waals surface area contributed by atoms with Gasteiger partial charge in [-0.25, -0.2) is 17.2 Å². The van der Waals surface area contributed by atoms with Gasteiger partial charge in [-0.1, -0.05) is 23.5 Å². The average Bonchev–Trinajstić information content (AvgIpc) is 3.26. The smallest absolute Gasteiger partial charge is 0.286 e. The number of amides is 1. The molecule has 1 atom stereocenters. The Balaban J connectivity index is 1.50. The van der Waals surface area contributed by atoms with E-state index >= 15 is 0 Å². The van der Waals surface area contributed by atoms with Gasteiger partial charge in [0.05, 0.1) is 4.90 Å². The number of carbonyl (C=O) groups is 1. The van der Waals surface area contributed by atoms with Gasteiger partial charge in [0.1, 0.15) is 16.6 Å². The zero-order chi connectivity index (χ0) is 22.9. The minimum atomic E-state index is -3.88. The van der Waals surface area contributed by atoms with Crippen molar-refractivity contribution >= 4 is 33.0 Å². The van der Waals surface area contributed by atoms with Crippen molar-refractivity contribution < 1.29 is 22.0 Å². The lowest BCUT2D eigenvalue weighted by atomic mass is 10.0. The van der Waals surface area contributed by atoms with E-state index in [0.29, 0.717) is 35.6 Å². The summed E-state index contributed by atoms with van der Waals surface area (Å²) in [6.07, 6.45) is 1.29. The second-order valence-corrected chi connectivity index (χ2v) is 10.4. The van der Waals surface area contributed by atoms with Crippen molar-refractivity contribution in [2.75, 3.05) is 18.4 Å². The Morgan fingerprint density at radius 1 is 1.16 bits per heavy atom. The average molecular weight is 479 g/mol. The number of hydrogen-bond acceptors (Lipinski definition) is 6. The van der Waals surface area contributed by atoms with Crippen LogP contribution in [0.1, 0.15) is 39.1 Å². The van der Waals surface area contributed by atoms with E-state index in [-0.39, 0.29) is 22.4 Å². The molecule has 1 saturated heterocycles. The summed E-state index contributed by atoms with van der Waals surface area (Å²) in [6, 6.07) is 9.21. The summed E-state index contributed by atoms with van der Waals surface area (Å²) < 4.78 is 54.6.